The normalized spacial score (nSPS) is 12.1. The summed E-state index contributed by atoms with van der Waals surface area (Å²) in [6, 6.07) is 17.6. The third-order valence-electron chi connectivity index (χ3n) is 4.49. The van der Waals surface area contributed by atoms with E-state index in [9.17, 15) is 0 Å². The maximum absolute atomic E-state index is 6.29. The largest absolute Gasteiger partial charge is 0.264 e. The summed E-state index contributed by atoms with van der Waals surface area (Å²) in [4.78, 5) is 17.9. The molecule has 4 aromatic heterocycles. The van der Waals surface area contributed by atoms with Crippen molar-refractivity contribution >= 4 is 11.6 Å². The summed E-state index contributed by atoms with van der Waals surface area (Å²) in [5.41, 5.74) is 3.93. The first-order valence-electron chi connectivity index (χ1n) is 8.65. The Morgan fingerprint density at radius 1 is 0.630 bits per heavy atom. The molecule has 1 unspecified atom stereocenters. The first kappa shape index (κ1) is 17.3. The molecule has 0 N–H and O–H groups in total. The van der Waals surface area contributed by atoms with Crippen molar-refractivity contribution in [3.05, 3.63) is 119 Å². The van der Waals surface area contributed by atoms with Gasteiger partial charge >= 0.3 is 0 Å². The van der Waals surface area contributed by atoms with E-state index in [1.807, 2.05) is 48.8 Å². The van der Waals surface area contributed by atoms with Crippen LogP contribution in [0.2, 0.25) is 5.02 Å². The zero-order valence-corrected chi connectivity index (χ0v) is 15.2. The Labute approximate surface area is 163 Å². The molecule has 1 atom stereocenters. The van der Waals surface area contributed by atoms with Crippen LogP contribution in [0, 0.1) is 0 Å². The Hall–Kier alpha value is -3.11. The van der Waals surface area contributed by atoms with Gasteiger partial charge in [-0.15, -0.1) is 0 Å². The average molecular weight is 373 g/mol. The van der Waals surface area contributed by atoms with Gasteiger partial charge in [-0.25, -0.2) is 0 Å². The lowest BCUT2D eigenvalue weighted by Gasteiger charge is -2.27. The van der Waals surface area contributed by atoms with E-state index in [1.165, 1.54) is 0 Å². The highest BCUT2D eigenvalue weighted by molar-refractivity contribution is 6.30. The summed E-state index contributed by atoms with van der Waals surface area (Å²) < 4.78 is 0. The second kappa shape index (κ2) is 8.06. The maximum atomic E-state index is 6.29. The van der Waals surface area contributed by atoms with Crippen molar-refractivity contribution in [3.63, 3.8) is 0 Å². The molecule has 27 heavy (non-hydrogen) atoms. The molecule has 4 nitrogen and oxygen atoms in total. The van der Waals surface area contributed by atoms with Crippen LogP contribution in [0.15, 0.2) is 91.8 Å². The van der Waals surface area contributed by atoms with Crippen molar-refractivity contribution in [3.8, 4) is 0 Å². The molecule has 0 bridgehead atoms. The van der Waals surface area contributed by atoms with E-state index in [-0.39, 0.29) is 11.8 Å². The van der Waals surface area contributed by atoms with Gasteiger partial charge < -0.3 is 0 Å². The van der Waals surface area contributed by atoms with E-state index in [0.717, 1.165) is 22.5 Å². The lowest BCUT2D eigenvalue weighted by Crippen LogP contribution is -2.17. The van der Waals surface area contributed by atoms with Gasteiger partial charge in [0.1, 0.15) is 0 Å². The number of rotatable bonds is 5. The van der Waals surface area contributed by atoms with Gasteiger partial charge in [-0.1, -0.05) is 29.8 Å². The predicted molar refractivity (Wildman–Crippen MR) is 106 cm³/mol. The van der Waals surface area contributed by atoms with Crippen LogP contribution in [0.3, 0.4) is 0 Å². The fourth-order valence-electron chi connectivity index (χ4n) is 3.34. The highest BCUT2D eigenvalue weighted by Crippen LogP contribution is 2.41. The fraction of sp³-hybridized carbons (Fsp3) is 0.0909. The second-order valence-electron chi connectivity index (χ2n) is 6.18. The van der Waals surface area contributed by atoms with Gasteiger partial charge in [-0.3, -0.25) is 19.9 Å². The van der Waals surface area contributed by atoms with Crippen molar-refractivity contribution in [1.82, 2.24) is 19.9 Å². The average Bonchev–Trinajstić information content (AvgIpc) is 2.74. The summed E-state index contributed by atoms with van der Waals surface area (Å²) in [5.74, 6) is -0.174. The molecular weight excluding hydrogens is 356 g/mol. The summed E-state index contributed by atoms with van der Waals surface area (Å²) in [5, 5.41) is 0.650. The van der Waals surface area contributed by atoms with Crippen LogP contribution in [0.5, 0.6) is 0 Å². The van der Waals surface area contributed by atoms with E-state index in [4.69, 9.17) is 11.6 Å². The number of nitrogens with zero attached hydrogens (tertiary/aromatic N) is 4. The molecule has 0 saturated carbocycles. The minimum absolute atomic E-state index is 0.0479. The maximum Gasteiger partial charge on any atom is 0.0546 e. The standard InChI is InChI=1S/C22H17ClN4/c23-18-8-12-27-20(13-18)22(19-7-1-2-11-26-19)21(16-5-3-9-24-14-16)17-6-4-10-25-15-17/h1-15,21-22H. The Morgan fingerprint density at radius 2 is 1.33 bits per heavy atom. The first-order valence-corrected chi connectivity index (χ1v) is 9.03. The zero-order valence-electron chi connectivity index (χ0n) is 14.5. The summed E-state index contributed by atoms with van der Waals surface area (Å²) in [6.45, 7) is 0. The van der Waals surface area contributed by atoms with Crippen LogP contribution in [0.1, 0.15) is 34.4 Å². The molecule has 5 heteroatoms. The van der Waals surface area contributed by atoms with E-state index in [1.54, 1.807) is 30.9 Å². The lowest BCUT2D eigenvalue weighted by atomic mass is 9.78. The van der Waals surface area contributed by atoms with Gasteiger partial charge in [0, 0.05) is 48.1 Å². The minimum Gasteiger partial charge on any atom is -0.264 e. The molecule has 0 fully saturated rings. The molecule has 0 aliphatic heterocycles. The second-order valence-corrected chi connectivity index (χ2v) is 6.62. The Morgan fingerprint density at radius 3 is 1.89 bits per heavy atom. The van der Waals surface area contributed by atoms with Crippen LogP contribution in [0.4, 0.5) is 0 Å². The van der Waals surface area contributed by atoms with Crippen molar-refractivity contribution in [2.45, 2.75) is 11.8 Å². The van der Waals surface area contributed by atoms with E-state index < -0.39 is 0 Å². The van der Waals surface area contributed by atoms with Gasteiger partial charge in [0.2, 0.25) is 0 Å². The third-order valence-corrected chi connectivity index (χ3v) is 4.72. The number of pyridine rings is 4. The Balaban J connectivity index is 1.94. The van der Waals surface area contributed by atoms with Crippen molar-refractivity contribution in [2.24, 2.45) is 0 Å². The smallest absolute Gasteiger partial charge is 0.0546 e. The number of hydrogen-bond acceptors (Lipinski definition) is 4. The predicted octanol–water partition coefficient (Wildman–Crippen LogP) is 4.88. The first-order chi connectivity index (χ1) is 13.3. The summed E-state index contributed by atoms with van der Waals surface area (Å²) >= 11 is 6.29. The number of hydrogen-bond donors (Lipinski definition) is 0. The van der Waals surface area contributed by atoms with Gasteiger partial charge in [0.15, 0.2) is 0 Å². The van der Waals surface area contributed by atoms with E-state index in [2.05, 4.69) is 32.1 Å². The highest BCUT2D eigenvalue weighted by Gasteiger charge is 2.30. The van der Waals surface area contributed by atoms with Crippen LogP contribution in [0.25, 0.3) is 0 Å². The number of halogens is 1. The molecule has 132 valence electrons. The zero-order chi connectivity index (χ0) is 18.5. The molecule has 0 aliphatic rings. The van der Waals surface area contributed by atoms with Gasteiger partial charge in [-0.05, 0) is 47.5 Å². The monoisotopic (exact) mass is 372 g/mol. The Kier molecular flexibility index (Phi) is 5.17. The van der Waals surface area contributed by atoms with Crippen molar-refractivity contribution in [1.29, 1.82) is 0 Å². The fourth-order valence-corrected chi connectivity index (χ4v) is 3.51. The highest BCUT2D eigenvalue weighted by atomic mass is 35.5. The van der Waals surface area contributed by atoms with Crippen molar-refractivity contribution < 1.29 is 0 Å². The molecule has 0 amide bonds. The van der Waals surface area contributed by atoms with Crippen LogP contribution in [-0.4, -0.2) is 19.9 Å². The molecule has 0 aromatic carbocycles. The molecule has 4 heterocycles. The third kappa shape index (κ3) is 3.86. The van der Waals surface area contributed by atoms with Gasteiger partial charge in [0.25, 0.3) is 0 Å². The summed E-state index contributed by atoms with van der Waals surface area (Å²) in [6.07, 6.45) is 10.9. The van der Waals surface area contributed by atoms with Gasteiger partial charge in [0.05, 0.1) is 17.3 Å². The minimum atomic E-state index is -0.127. The molecule has 4 aromatic rings. The number of aromatic nitrogens is 4. The molecule has 0 aliphatic carbocycles. The van der Waals surface area contributed by atoms with Crippen LogP contribution >= 0.6 is 11.6 Å². The van der Waals surface area contributed by atoms with Gasteiger partial charge in [-0.2, -0.15) is 0 Å². The molecular formula is C22H17ClN4. The summed E-state index contributed by atoms with van der Waals surface area (Å²) in [7, 11) is 0. The van der Waals surface area contributed by atoms with E-state index in [0.29, 0.717) is 5.02 Å². The quantitative estimate of drug-likeness (QED) is 0.500. The topological polar surface area (TPSA) is 51.6 Å². The van der Waals surface area contributed by atoms with Crippen LogP contribution in [-0.2, 0) is 0 Å². The van der Waals surface area contributed by atoms with Crippen molar-refractivity contribution in [2.75, 3.05) is 0 Å². The Bertz CT molecular complexity index is 955. The SMILES string of the molecule is Clc1ccnc(C(c2ccccn2)C(c2cccnc2)c2cccnc2)c1. The molecule has 0 radical (unpaired) electrons. The lowest BCUT2D eigenvalue weighted by molar-refractivity contribution is 0.652. The molecule has 0 saturated heterocycles. The molecule has 0 spiro atoms. The molecule has 4 rings (SSSR count). The van der Waals surface area contributed by atoms with E-state index >= 15 is 0 Å². The van der Waals surface area contributed by atoms with Crippen LogP contribution < -0.4 is 0 Å².